The first-order valence-electron chi connectivity index (χ1n) is 9.51. The first-order valence-corrected chi connectivity index (χ1v) is 9.89. The van der Waals surface area contributed by atoms with Gasteiger partial charge in [0.1, 0.15) is 5.82 Å². The van der Waals surface area contributed by atoms with Crippen LogP contribution in [0.5, 0.6) is 0 Å². The molecule has 0 aliphatic carbocycles. The molecule has 0 bridgehead atoms. The Labute approximate surface area is 174 Å². The van der Waals surface area contributed by atoms with Crippen molar-refractivity contribution in [2.45, 2.75) is 6.92 Å². The van der Waals surface area contributed by atoms with Gasteiger partial charge in [0.2, 0.25) is 0 Å². The van der Waals surface area contributed by atoms with Crippen LogP contribution in [0.4, 0.5) is 15.8 Å². The number of rotatable bonds is 5. The normalized spacial score (nSPS) is 14.5. The monoisotopic (exact) mass is 418 g/mol. The van der Waals surface area contributed by atoms with Crippen LogP contribution in [0.25, 0.3) is 0 Å². The van der Waals surface area contributed by atoms with Gasteiger partial charge < -0.3 is 15.5 Å². The van der Waals surface area contributed by atoms with E-state index < -0.39 is 11.8 Å². The Morgan fingerprint density at radius 2 is 1.72 bits per heavy atom. The van der Waals surface area contributed by atoms with E-state index in [1.807, 2.05) is 0 Å². The zero-order valence-corrected chi connectivity index (χ0v) is 17.0. The molecule has 1 aliphatic heterocycles. The smallest absolute Gasteiger partial charge is 0.313 e. The molecule has 1 saturated heterocycles. The largest absolute Gasteiger partial charge is 0.369 e. The van der Waals surface area contributed by atoms with E-state index in [9.17, 15) is 14.0 Å². The van der Waals surface area contributed by atoms with Gasteiger partial charge in [-0.2, -0.15) is 0 Å². The minimum absolute atomic E-state index is 0.238. The van der Waals surface area contributed by atoms with E-state index in [4.69, 9.17) is 11.6 Å². The van der Waals surface area contributed by atoms with Crippen LogP contribution >= 0.6 is 11.6 Å². The summed E-state index contributed by atoms with van der Waals surface area (Å²) in [6.45, 7) is 6.15. The molecule has 3 rings (SSSR count). The van der Waals surface area contributed by atoms with E-state index in [-0.39, 0.29) is 5.82 Å². The summed E-state index contributed by atoms with van der Waals surface area (Å²) < 4.78 is 13.0. The molecule has 0 radical (unpaired) electrons. The van der Waals surface area contributed by atoms with Crippen molar-refractivity contribution in [1.82, 2.24) is 10.2 Å². The Kier molecular flexibility index (Phi) is 7.06. The van der Waals surface area contributed by atoms with Crippen LogP contribution in [0.3, 0.4) is 0 Å². The number of carbonyl (C=O) groups is 2. The lowest BCUT2D eigenvalue weighted by Crippen LogP contribution is -2.49. The molecule has 29 heavy (non-hydrogen) atoms. The number of halogens is 2. The van der Waals surface area contributed by atoms with Crippen molar-refractivity contribution >= 4 is 34.8 Å². The molecule has 2 N–H and O–H groups in total. The molecule has 1 fully saturated rings. The summed E-state index contributed by atoms with van der Waals surface area (Å²) in [4.78, 5) is 28.5. The molecule has 1 heterocycles. The van der Waals surface area contributed by atoms with E-state index in [0.29, 0.717) is 29.4 Å². The maximum atomic E-state index is 13.0. The first-order chi connectivity index (χ1) is 13.9. The lowest BCUT2D eigenvalue weighted by atomic mass is 10.2. The number of nitrogens with zero attached hydrogens (tertiary/aromatic N) is 2. The molecule has 0 unspecified atom stereocenters. The quantitative estimate of drug-likeness (QED) is 0.733. The van der Waals surface area contributed by atoms with Crippen LogP contribution in [-0.4, -0.2) is 56.0 Å². The fourth-order valence-corrected chi connectivity index (χ4v) is 3.39. The number of amides is 2. The van der Waals surface area contributed by atoms with Crippen molar-refractivity contribution in [3.63, 3.8) is 0 Å². The molecule has 8 heteroatoms. The summed E-state index contributed by atoms with van der Waals surface area (Å²) in [6, 6.07) is 11.6. The molecule has 0 spiro atoms. The first kappa shape index (κ1) is 21.1. The SMILES string of the molecule is Cc1c(Cl)cccc1NC(=O)C(=O)NCCN1CCN(c2ccc(F)cc2)CC1. The van der Waals surface area contributed by atoms with Crippen molar-refractivity contribution in [1.29, 1.82) is 0 Å². The average molecular weight is 419 g/mol. The van der Waals surface area contributed by atoms with Crippen LogP contribution in [0, 0.1) is 12.7 Å². The topological polar surface area (TPSA) is 64.7 Å². The zero-order valence-electron chi connectivity index (χ0n) is 16.3. The second-order valence-corrected chi connectivity index (χ2v) is 7.33. The summed E-state index contributed by atoms with van der Waals surface area (Å²) in [5.41, 5.74) is 2.25. The van der Waals surface area contributed by atoms with Crippen LogP contribution in [0.2, 0.25) is 5.02 Å². The predicted molar refractivity (Wildman–Crippen MR) is 113 cm³/mol. The minimum atomic E-state index is -0.712. The molecule has 2 aromatic carbocycles. The number of hydrogen-bond donors (Lipinski definition) is 2. The van der Waals surface area contributed by atoms with Gasteiger partial charge in [-0.25, -0.2) is 4.39 Å². The van der Waals surface area contributed by atoms with Gasteiger partial charge >= 0.3 is 11.8 Å². The fourth-order valence-electron chi connectivity index (χ4n) is 3.21. The van der Waals surface area contributed by atoms with Crippen molar-refractivity contribution in [3.05, 3.63) is 58.9 Å². The van der Waals surface area contributed by atoms with Crippen LogP contribution in [0.15, 0.2) is 42.5 Å². The minimum Gasteiger partial charge on any atom is -0.369 e. The Morgan fingerprint density at radius 3 is 2.41 bits per heavy atom. The Hall–Kier alpha value is -2.64. The fraction of sp³-hybridized carbons (Fsp3) is 0.333. The Morgan fingerprint density at radius 1 is 1.03 bits per heavy atom. The van der Waals surface area contributed by atoms with Gasteiger partial charge in [0.15, 0.2) is 0 Å². The van der Waals surface area contributed by atoms with Gasteiger partial charge in [-0.1, -0.05) is 17.7 Å². The molecule has 0 aromatic heterocycles. The molecule has 2 aromatic rings. The van der Waals surface area contributed by atoms with E-state index in [1.54, 1.807) is 37.3 Å². The summed E-state index contributed by atoms with van der Waals surface area (Å²) in [7, 11) is 0. The Balaban J connectivity index is 1.39. The maximum Gasteiger partial charge on any atom is 0.313 e. The molecule has 154 valence electrons. The summed E-state index contributed by atoms with van der Waals surface area (Å²) in [6.07, 6.45) is 0. The van der Waals surface area contributed by atoms with Crippen LogP contribution in [0.1, 0.15) is 5.56 Å². The average Bonchev–Trinajstić information content (AvgIpc) is 2.72. The van der Waals surface area contributed by atoms with Gasteiger partial charge in [0.25, 0.3) is 0 Å². The second kappa shape index (κ2) is 9.71. The highest BCUT2D eigenvalue weighted by atomic mass is 35.5. The predicted octanol–water partition coefficient (Wildman–Crippen LogP) is 2.66. The van der Waals surface area contributed by atoms with E-state index in [1.165, 1.54) is 12.1 Å². The summed E-state index contributed by atoms with van der Waals surface area (Å²) in [5.74, 6) is -1.62. The highest BCUT2D eigenvalue weighted by molar-refractivity contribution is 6.40. The van der Waals surface area contributed by atoms with Crippen LogP contribution in [-0.2, 0) is 9.59 Å². The highest BCUT2D eigenvalue weighted by Gasteiger charge is 2.19. The third-order valence-electron chi connectivity index (χ3n) is 5.00. The van der Waals surface area contributed by atoms with Gasteiger partial charge in [0.05, 0.1) is 0 Å². The third kappa shape index (κ3) is 5.68. The van der Waals surface area contributed by atoms with Crippen molar-refractivity contribution in [2.24, 2.45) is 0 Å². The zero-order chi connectivity index (χ0) is 20.8. The van der Waals surface area contributed by atoms with E-state index >= 15 is 0 Å². The van der Waals surface area contributed by atoms with Crippen molar-refractivity contribution < 1.29 is 14.0 Å². The molecule has 6 nitrogen and oxygen atoms in total. The lowest BCUT2D eigenvalue weighted by molar-refractivity contribution is -0.136. The van der Waals surface area contributed by atoms with E-state index in [0.717, 1.165) is 31.9 Å². The standard InChI is InChI=1S/C21H24ClFN4O2/c1-15-18(22)3-2-4-19(15)25-21(29)20(28)24-9-10-26-11-13-27(14-12-26)17-7-5-16(23)6-8-17/h2-8H,9-14H2,1H3,(H,24,28)(H,25,29). The summed E-state index contributed by atoms with van der Waals surface area (Å²) in [5, 5.41) is 5.77. The van der Waals surface area contributed by atoms with Gasteiger partial charge in [-0.05, 0) is 48.9 Å². The second-order valence-electron chi connectivity index (χ2n) is 6.93. The highest BCUT2D eigenvalue weighted by Crippen LogP contribution is 2.22. The number of hydrogen-bond acceptors (Lipinski definition) is 4. The molecule has 2 amide bonds. The molecule has 1 aliphatic rings. The van der Waals surface area contributed by atoms with Gasteiger partial charge in [0, 0.05) is 55.7 Å². The van der Waals surface area contributed by atoms with Gasteiger partial charge in [-0.15, -0.1) is 0 Å². The number of benzene rings is 2. The van der Waals surface area contributed by atoms with Crippen molar-refractivity contribution in [3.8, 4) is 0 Å². The maximum absolute atomic E-state index is 13.0. The third-order valence-corrected chi connectivity index (χ3v) is 5.41. The number of piperazine rings is 1. The van der Waals surface area contributed by atoms with E-state index in [2.05, 4.69) is 20.4 Å². The summed E-state index contributed by atoms with van der Waals surface area (Å²) >= 11 is 6.03. The molecule has 0 saturated carbocycles. The molecular formula is C21H24ClFN4O2. The Bertz CT molecular complexity index is 867. The number of nitrogens with one attached hydrogen (secondary N) is 2. The molecular weight excluding hydrogens is 395 g/mol. The molecule has 0 atom stereocenters. The van der Waals surface area contributed by atoms with Crippen LogP contribution < -0.4 is 15.5 Å². The lowest BCUT2D eigenvalue weighted by Gasteiger charge is -2.36. The number of anilines is 2. The van der Waals surface area contributed by atoms with Crippen molar-refractivity contribution in [2.75, 3.05) is 49.5 Å². The number of carbonyl (C=O) groups excluding carboxylic acids is 2. The van der Waals surface area contributed by atoms with Gasteiger partial charge in [-0.3, -0.25) is 14.5 Å².